The van der Waals surface area contributed by atoms with Crippen LogP contribution in [0.1, 0.15) is 84.5 Å². The molecule has 3 rings (SSSR count). The van der Waals surface area contributed by atoms with E-state index in [1.165, 1.54) is 12.8 Å². The molecule has 7 heteroatoms. The van der Waals surface area contributed by atoms with Gasteiger partial charge >= 0.3 is 6.03 Å². The zero-order valence-electron chi connectivity index (χ0n) is 19.0. The Morgan fingerprint density at radius 1 is 0.733 bits per heavy atom. The minimum atomic E-state index is -0.0647. The SMILES string of the molecule is CNC1CCC(OC2CCC(NC(=O)NC3CC(NC(C)=O)CCC3C)CC2)CC1. The summed E-state index contributed by atoms with van der Waals surface area (Å²) in [5, 5.41) is 12.7. The molecule has 4 N–H and O–H groups in total. The van der Waals surface area contributed by atoms with Gasteiger partial charge in [0.05, 0.1) is 12.2 Å². The molecule has 0 aromatic heterocycles. The van der Waals surface area contributed by atoms with Crippen molar-refractivity contribution in [2.75, 3.05) is 7.05 Å². The van der Waals surface area contributed by atoms with Gasteiger partial charge in [0.15, 0.2) is 0 Å². The highest BCUT2D eigenvalue weighted by Gasteiger charge is 2.31. The number of hydrogen-bond donors (Lipinski definition) is 4. The van der Waals surface area contributed by atoms with Gasteiger partial charge in [-0.2, -0.15) is 0 Å². The molecule has 7 nitrogen and oxygen atoms in total. The van der Waals surface area contributed by atoms with Crippen LogP contribution >= 0.6 is 0 Å². The first kappa shape index (κ1) is 23.3. The predicted molar refractivity (Wildman–Crippen MR) is 118 cm³/mol. The summed E-state index contributed by atoms with van der Waals surface area (Å²) in [6.45, 7) is 3.74. The van der Waals surface area contributed by atoms with Crippen molar-refractivity contribution in [2.45, 2.75) is 121 Å². The molecule has 3 aliphatic carbocycles. The van der Waals surface area contributed by atoms with E-state index in [1.54, 1.807) is 6.92 Å². The third-order valence-corrected chi connectivity index (χ3v) is 7.40. The molecular weight excluding hydrogens is 380 g/mol. The second-order valence-electron chi connectivity index (χ2n) is 9.78. The fourth-order valence-electron chi connectivity index (χ4n) is 5.44. The van der Waals surface area contributed by atoms with Crippen LogP contribution in [0.15, 0.2) is 0 Å². The van der Waals surface area contributed by atoms with Crippen LogP contribution in [0.2, 0.25) is 0 Å². The Hall–Kier alpha value is -1.34. The Balaban J connectivity index is 1.34. The van der Waals surface area contributed by atoms with Gasteiger partial charge in [-0.1, -0.05) is 6.92 Å². The Morgan fingerprint density at radius 3 is 1.87 bits per heavy atom. The van der Waals surface area contributed by atoms with Gasteiger partial charge in [-0.05, 0) is 83.6 Å². The van der Waals surface area contributed by atoms with Gasteiger partial charge in [-0.3, -0.25) is 4.79 Å². The second kappa shape index (κ2) is 11.3. The van der Waals surface area contributed by atoms with Gasteiger partial charge in [-0.25, -0.2) is 4.79 Å². The van der Waals surface area contributed by atoms with Crippen LogP contribution in [-0.4, -0.2) is 55.4 Å². The standard InChI is InChI=1S/C23H42N4O3/c1-15-4-5-19(25-16(2)28)14-22(15)27-23(29)26-18-8-12-21(13-9-18)30-20-10-6-17(24-3)7-11-20/h15,17-22,24H,4-14H2,1-3H3,(H,25,28)(H2,26,27,29). The molecule has 3 aliphatic rings. The van der Waals surface area contributed by atoms with Crippen LogP contribution in [0.5, 0.6) is 0 Å². The molecule has 3 fully saturated rings. The maximum absolute atomic E-state index is 12.6. The minimum absolute atomic E-state index is 0.00630. The average Bonchev–Trinajstić information content (AvgIpc) is 2.72. The van der Waals surface area contributed by atoms with Crippen molar-refractivity contribution >= 4 is 11.9 Å². The van der Waals surface area contributed by atoms with Gasteiger partial charge in [0.2, 0.25) is 5.91 Å². The van der Waals surface area contributed by atoms with E-state index in [1.807, 2.05) is 7.05 Å². The molecule has 0 aromatic carbocycles. The highest BCUT2D eigenvalue weighted by Crippen LogP contribution is 2.28. The second-order valence-corrected chi connectivity index (χ2v) is 9.78. The van der Waals surface area contributed by atoms with Crippen molar-refractivity contribution in [3.8, 4) is 0 Å². The molecule has 172 valence electrons. The maximum Gasteiger partial charge on any atom is 0.315 e. The van der Waals surface area contributed by atoms with Crippen LogP contribution < -0.4 is 21.3 Å². The number of hydrogen-bond acceptors (Lipinski definition) is 4. The van der Waals surface area contributed by atoms with E-state index in [0.717, 1.165) is 57.8 Å². The van der Waals surface area contributed by atoms with Crippen molar-refractivity contribution in [2.24, 2.45) is 5.92 Å². The van der Waals surface area contributed by atoms with E-state index in [2.05, 4.69) is 28.2 Å². The summed E-state index contributed by atoms with van der Waals surface area (Å²) in [4.78, 5) is 23.9. The summed E-state index contributed by atoms with van der Waals surface area (Å²) in [5.41, 5.74) is 0. The minimum Gasteiger partial charge on any atom is -0.375 e. The number of ether oxygens (including phenoxy) is 1. The lowest BCUT2D eigenvalue weighted by Crippen LogP contribution is -2.53. The first-order chi connectivity index (χ1) is 14.4. The van der Waals surface area contributed by atoms with Gasteiger partial charge in [0, 0.05) is 31.1 Å². The van der Waals surface area contributed by atoms with Crippen LogP contribution in [0.3, 0.4) is 0 Å². The Bertz CT molecular complexity index is 557. The molecule has 0 heterocycles. The number of rotatable bonds is 6. The summed E-state index contributed by atoms with van der Waals surface area (Å²) in [6, 6.07) is 1.10. The molecule has 3 atom stereocenters. The van der Waals surface area contributed by atoms with E-state index in [9.17, 15) is 9.59 Å². The van der Waals surface area contributed by atoms with Gasteiger partial charge < -0.3 is 26.0 Å². The largest absolute Gasteiger partial charge is 0.375 e. The zero-order valence-corrected chi connectivity index (χ0v) is 19.0. The summed E-state index contributed by atoms with van der Waals surface area (Å²) in [5.74, 6) is 0.440. The van der Waals surface area contributed by atoms with Gasteiger partial charge in [0.1, 0.15) is 0 Å². The van der Waals surface area contributed by atoms with E-state index in [4.69, 9.17) is 4.74 Å². The fourth-order valence-corrected chi connectivity index (χ4v) is 5.44. The molecule has 0 radical (unpaired) electrons. The molecule has 0 aromatic rings. The van der Waals surface area contributed by atoms with E-state index >= 15 is 0 Å². The lowest BCUT2D eigenvalue weighted by molar-refractivity contribution is -0.119. The van der Waals surface area contributed by atoms with Crippen molar-refractivity contribution in [3.63, 3.8) is 0 Å². The molecule has 3 amide bonds. The van der Waals surface area contributed by atoms with Gasteiger partial charge in [0.25, 0.3) is 0 Å². The Kier molecular flexibility index (Phi) is 8.81. The van der Waals surface area contributed by atoms with Crippen LogP contribution in [0.25, 0.3) is 0 Å². The molecule has 30 heavy (non-hydrogen) atoms. The van der Waals surface area contributed by atoms with Crippen LogP contribution in [0.4, 0.5) is 4.79 Å². The summed E-state index contributed by atoms with van der Waals surface area (Å²) in [6.07, 6.45) is 12.3. The lowest BCUT2D eigenvalue weighted by atomic mass is 9.83. The fraction of sp³-hybridized carbons (Fsp3) is 0.913. The molecule has 3 saturated carbocycles. The van der Waals surface area contributed by atoms with Crippen molar-refractivity contribution in [3.05, 3.63) is 0 Å². The van der Waals surface area contributed by atoms with Crippen LogP contribution in [-0.2, 0) is 9.53 Å². The molecular formula is C23H42N4O3. The summed E-state index contributed by atoms with van der Waals surface area (Å²) in [7, 11) is 2.05. The molecule has 0 aliphatic heterocycles. The smallest absolute Gasteiger partial charge is 0.315 e. The van der Waals surface area contributed by atoms with Crippen molar-refractivity contribution < 1.29 is 14.3 Å². The van der Waals surface area contributed by atoms with Crippen molar-refractivity contribution in [1.29, 1.82) is 0 Å². The topological polar surface area (TPSA) is 91.5 Å². The summed E-state index contributed by atoms with van der Waals surface area (Å²) >= 11 is 0. The zero-order chi connectivity index (χ0) is 21.5. The van der Waals surface area contributed by atoms with Crippen molar-refractivity contribution in [1.82, 2.24) is 21.3 Å². The number of carbonyl (C=O) groups excluding carboxylic acids is 2. The Morgan fingerprint density at radius 2 is 1.30 bits per heavy atom. The highest BCUT2D eigenvalue weighted by atomic mass is 16.5. The van der Waals surface area contributed by atoms with E-state index < -0.39 is 0 Å². The number of amides is 3. The quantitative estimate of drug-likeness (QED) is 0.530. The number of carbonyl (C=O) groups is 2. The average molecular weight is 423 g/mol. The molecule has 3 unspecified atom stereocenters. The predicted octanol–water partition coefficient (Wildman–Crippen LogP) is 2.84. The Labute approximate surface area is 181 Å². The lowest BCUT2D eigenvalue weighted by Gasteiger charge is -2.36. The maximum atomic E-state index is 12.6. The first-order valence-corrected chi connectivity index (χ1v) is 12.1. The number of urea groups is 1. The van der Waals surface area contributed by atoms with Crippen LogP contribution in [0, 0.1) is 5.92 Å². The summed E-state index contributed by atoms with van der Waals surface area (Å²) < 4.78 is 6.37. The first-order valence-electron chi connectivity index (χ1n) is 12.1. The third kappa shape index (κ3) is 7.12. The van der Waals surface area contributed by atoms with E-state index in [0.29, 0.717) is 24.2 Å². The monoisotopic (exact) mass is 422 g/mol. The normalized spacial score (nSPS) is 37.2. The third-order valence-electron chi connectivity index (χ3n) is 7.40. The molecule has 0 bridgehead atoms. The number of nitrogens with one attached hydrogen (secondary N) is 4. The molecule has 0 saturated heterocycles. The highest BCUT2D eigenvalue weighted by molar-refractivity contribution is 5.75. The van der Waals surface area contributed by atoms with E-state index in [-0.39, 0.29) is 30.1 Å². The van der Waals surface area contributed by atoms with Gasteiger partial charge in [-0.15, -0.1) is 0 Å². The molecule has 0 spiro atoms.